The number of hydrogen-bond acceptors (Lipinski definition) is 4. The fourth-order valence-corrected chi connectivity index (χ4v) is 11.6. The lowest BCUT2D eigenvalue weighted by molar-refractivity contribution is 1.15. The van der Waals surface area contributed by atoms with Gasteiger partial charge in [-0.3, -0.25) is 0 Å². The molecule has 6 heteroatoms. The van der Waals surface area contributed by atoms with E-state index in [-0.39, 0.29) is 0 Å². The minimum absolute atomic E-state index is 0.716. The first-order valence-corrected chi connectivity index (χ1v) is 21.8. The van der Waals surface area contributed by atoms with Crippen LogP contribution in [0.4, 0.5) is 0 Å². The summed E-state index contributed by atoms with van der Waals surface area (Å²) >= 11 is 3.67. The molecule has 4 heterocycles. The maximum atomic E-state index is 5.43. The van der Waals surface area contributed by atoms with E-state index in [1.807, 2.05) is 23.5 Å². The third-order valence-electron chi connectivity index (χ3n) is 12.0. The van der Waals surface area contributed by atoms with Crippen molar-refractivity contribution in [2.45, 2.75) is 19.6 Å². The summed E-state index contributed by atoms with van der Waals surface area (Å²) in [5.41, 5.74) is 10.9. The lowest BCUT2D eigenvalue weighted by Crippen LogP contribution is -1.99. The molecule has 9 aromatic carbocycles. The van der Waals surface area contributed by atoms with Gasteiger partial charge >= 0.3 is 0 Å². The Morgan fingerprint density at radius 2 is 0.933 bits per heavy atom. The number of aromatic nitrogens is 4. The van der Waals surface area contributed by atoms with Crippen molar-refractivity contribution in [3.05, 3.63) is 194 Å². The first kappa shape index (κ1) is 33.8. The Morgan fingerprint density at radius 3 is 1.70 bits per heavy atom. The maximum absolute atomic E-state index is 5.43. The molecule has 12 aromatic rings. The number of fused-ring (bicyclic) bond motifs is 10. The van der Waals surface area contributed by atoms with Crippen LogP contribution in [0.3, 0.4) is 0 Å². The van der Waals surface area contributed by atoms with Crippen LogP contribution in [0.5, 0.6) is 0 Å². The minimum Gasteiger partial charge on any atom is -0.309 e. The molecule has 0 saturated heterocycles. The molecule has 280 valence electrons. The van der Waals surface area contributed by atoms with Crippen molar-refractivity contribution in [3.8, 4) is 34.0 Å². The standard InChI is InChI=1S/C54H32N4S2/c1-2-14-34(15-3-1)57-44-22-10-7-18-37(44)41-31-42-38-19-8-11-23-45(38)58(48(42)32-47(41)57)46-28-27-39(35-16-4-5-17-36(35)46)54-55-43-21-9-6-20-40(43)53(56-54)33-26-29-51-52(30-33)60-50-25-13-12-24-49(50)59-51/h1-32H. The molecule has 1 aliphatic rings. The van der Waals surface area contributed by atoms with Crippen molar-refractivity contribution in [2.75, 3.05) is 0 Å². The van der Waals surface area contributed by atoms with Crippen LogP contribution in [0, 0.1) is 0 Å². The number of hydrogen-bond donors (Lipinski definition) is 0. The number of nitrogens with zero attached hydrogens (tertiary/aromatic N) is 4. The van der Waals surface area contributed by atoms with Gasteiger partial charge in [0.05, 0.1) is 39.0 Å². The summed E-state index contributed by atoms with van der Waals surface area (Å²) < 4.78 is 4.86. The summed E-state index contributed by atoms with van der Waals surface area (Å²) in [6.07, 6.45) is 0. The fourth-order valence-electron chi connectivity index (χ4n) is 9.31. The zero-order chi connectivity index (χ0) is 39.3. The van der Waals surface area contributed by atoms with E-state index in [0.717, 1.165) is 55.4 Å². The normalized spacial score (nSPS) is 12.5. The molecule has 3 aromatic heterocycles. The molecule has 1 aliphatic heterocycles. The molecule has 0 atom stereocenters. The molecule has 13 rings (SSSR count). The summed E-state index contributed by atoms with van der Waals surface area (Å²) in [4.78, 5) is 15.8. The highest BCUT2D eigenvalue weighted by Crippen LogP contribution is 2.50. The van der Waals surface area contributed by atoms with Crippen LogP contribution in [0.15, 0.2) is 214 Å². The second kappa shape index (κ2) is 13.2. The van der Waals surface area contributed by atoms with Crippen LogP contribution in [0.2, 0.25) is 0 Å². The molecular formula is C54H32N4S2. The van der Waals surface area contributed by atoms with Crippen molar-refractivity contribution in [1.29, 1.82) is 0 Å². The monoisotopic (exact) mass is 800 g/mol. The molecule has 0 aliphatic carbocycles. The van der Waals surface area contributed by atoms with E-state index < -0.39 is 0 Å². The van der Waals surface area contributed by atoms with E-state index in [0.29, 0.717) is 5.82 Å². The molecule has 0 amide bonds. The van der Waals surface area contributed by atoms with Gasteiger partial charge < -0.3 is 9.13 Å². The van der Waals surface area contributed by atoms with Gasteiger partial charge in [0, 0.05) is 68.7 Å². The average molecular weight is 801 g/mol. The van der Waals surface area contributed by atoms with Crippen molar-refractivity contribution >= 4 is 88.8 Å². The van der Waals surface area contributed by atoms with Crippen molar-refractivity contribution in [2.24, 2.45) is 0 Å². The van der Waals surface area contributed by atoms with Crippen LogP contribution in [-0.2, 0) is 0 Å². The Hall–Kier alpha value is -7.12. The fraction of sp³-hybridized carbons (Fsp3) is 0. The molecule has 0 fully saturated rings. The largest absolute Gasteiger partial charge is 0.309 e. The second-order valence-corrected chi connectivity index (χ2v) is 17.5. The minimum atomic E-state index is 0.716. The molecule has 0 N–H and O–H groups in total. The third-order valence-corrected chi connectivity index (χ3v) is 14.5. The van der Waals surface area contributed by atoms with E-state index in [1.54, 1.807) is 0 Å². The lowest BCUT2D eigenvalue weighted by Gasteiger charge is -2.19. The maximum Gasteiger partial charge on any atom is 0.161 e. The van der Waals surface area contributed by atoms with Crippen molar-refractivity contribution in [3.63, 3.8) is 0 Å². The summed E-state index contributed by atoms with van der Waals surface area (Å²) in [6.45, 7) is 0. The number of para-hydroxylation sites is 4. The summed E-state index contributed by atoms with van der Waals surface area (Å²) in [5, 5.41) is 8.24. The van der Waals surface area contributed by atoms with Crippen LogP contribution < -0.4 is 0 Å². The lowest BCUT2D eigenvalue weighted by atomic mass is 10.0. The van der Waals surface area contributed by atoms with Crippen LogP contribution in [-0.4, -0.2) is 19.1 Å². The number of rotatable bonds is 4. The van der Waals surface area contributed by atoms with Gasteiger partial charge in [-0.2, -0.15) is 0 Å². The highest BCUT2D eigenvalue weighted by atomic mass is 32.2. The van der Waals surface area contributed by atoms with Crippen molar-refractivity contribution in [1.82, 2.24) is 19.1 Å². The van der Waals surface area contributed by atoms with Crippen LogP contribution >= 0.6 is 23.5 Å². The molecule has 0 bridgehead atoms. The third kappa shape index (κ3) is 5.08. The molecule has 0 radical (unpaired) electrons. The Labute approximate surface area is 353 Å². The summed E-state index contributed by atoms with van der Waals surface area (Å²) in [6, 6.07) is 70.1. The number of benzene rings is 9. The van der Waals surface area contributed by atoms with Gasteiger partial charge in [-0.25, -0.2) is 9.97 Å². The Bertz CT molecular complexity index is 3730. The average Bonchev–Trinajstić information content (AvgIpc) is 3.81. The smallest absolute Gasteiger partial charge is 0.161 e. The zero-order valence-electron chi connectivity index (χ0n) is 32.1. The zero-order valence-corrected chi connectivity index (χ0v) is 33.7. The van der Waals surface area contributed by atoms with Gasteiger partial charge in [0.15, 0.2) is 5.82 Å². The van der Waals surface area contributed by atoms with E-state index in [1.165, 1.54) is 57.7 Å². The van der Waals surface area contributed by atoms with Gasteiger partial charge in [-0.1, -0.05) is 139 Å². The molecule has 4 nitrogen and oxygen atoms in total. The Kier molecular flexibility index (Phi) is 7.44. The molecule has 0 saturated carbocycles. The Morgan fingerprint density at radius 1 is 0.350 bits per heavy atom. The second-order valence-electron chi connectivity index (χ2n) is 15.3. The van der Waals surface area contributed by atoms with Gasteiger partial charge in [0.25, 0.3) is 0 Å². The first-order chi connectivity index (χ1) is 29.7. The van der Waals surface area contributed by atoms with Crippen molar-refractivity contribution < 1.29 is 0 Å². The molecule has 0 spiro atoms. The van der Waals surface area contributed by atoms with Gasteiger partial charge in [-0.05, 0) is 84.2 Å². The van der Waals surface area contributed by atoms with E-state index in [2.05, 4.69) is 203 Å². The van der Waals surface area contributed by atoms with Gasteiger partial charge in [0.2, 0.25) is 0 Å². The molecular weight excluding hydrogens is 769 g/mol. The van der Waals surface area contributed by atoms with Crippen LogP contribution in [0.25, 0.3) is 99.3 Å². The molecule has 0 unspecified atom stereocenters. The molecule has 60 heavy (non-hydrogen) atoms. The quantitative estimate of drug-likeness (QED) is 0.178. The van der Waals surface area contributed by atoms with E-state index in [4.69, 9.17) is 9.97 Å². The van der Waals surface area contributed by atoms with Gasteiger partial charge in [0.1, 0.15) is 0 Å². The van der Waals surface area contributed by atoms with E-state index in [9.17, 15) is 0 Å². The Balaban J connectivity index is 1.03. The first-order valence-electron chi connectivity index (χ1n) is 20.2. The summed E-state index contributed by atoms with van der Waals surface area (Å²) in [5.74, 6) is 0.716. The summed E-state index contributed by atoms with van der Waals surface area (Å²) in [7, 11) is 0. The van der Waals surface area contributed by atoms with Crippen LogP contribution in [0.1, 0.15) is 0 Å². The van der Waals surface area contributed by atoms with Gasteiger partial charge in [-0.15, -0.1) is 0 Å². The highest BCUT2D eigenvalue weighted by molar-refractivity contribution is 8.05. The SMILES string of the molecule is c1ccc(-n2c3ccccc3c3cc4c5ccccc5n(-c5ccc(-c6nc(-c7ccc8c(c7)Sc7ccccc7S8)c7ccccc7n6)c6ccccc56)c4cc32)cc1. The van der Waals surface area contributed by atoms with E-state index >= 15 is 0 Å². The topological polar surface area (TPSA) is 35.6 Å². The predicted molar refractivity (Wildman–Crippen MR) is 251 cm³/mol. The predicted octanol–water partition coefficient (Wildman–Crippen LogP) is 14.9. The highest BCUT2D eigenvalue weighted by Gasteiger charge is 2.22.